The summed E-state index contributed by atoms with van der Waals surface area (Å²) in [5, 5.41) is 8.08. The van der Waals surface area contributed by atoms with E-state index in [0.29, 0.717) is 42.2 Å². The summed E-state index contributed by atoms with van der Waals surface area (Å²) in [6, 6.07) is 9.66. The van der Waals surface area contributed by atoms with Crippen LogP contribution in [0.2, 0.25) is 0 Å². The minimum atomic E-state index is -0.439. The zero-order chi connectivity index (χ0) is 22.3. The molecule has 0 radical (unpaired) electrons. The molecule has 0 aliphatic carbocycles. The Hall–Kier alpha value is -3.23. The third-order valence-electron chi connectivity index (χ3n) is 5.27. The van der Waals surface area contributed by atoms with E-state index in [1.54, 1.807) is 31.2 Å². The van der Waals surface area contributed by atoms with Crippen molar-refractivity contribution in [3.8, 4) is 5.75 Å². The van der Waals surface area contributed by atoms with Gasteiger partial charge in [-0.3, -0.25) is 10.00 Å². The minimum absolute atomic E-state index is 0.271. The number of morpholine rings is 1. The number of carbonyl (C=O) groups is 1. The molecule has 1 fully saturated rings. The van der Waals surface area contributed by atoms with Gasteiger partial charge < -0.3 is 14.2 Å². The highest BCUT2D eigenvalue weighted by Gasteiger charge is 2.21. The van der Waals surface area contributed by atoms with Gasteiger partial charge in [-0.15, -0.1) is 0 Å². The first kappa shape index (κ1) is 22.0. The van der Waals surface area contributed by atoms with Gasteiger partial charge in [0, 0.05) is 19.6 Å². The lowest BCUT2D eigenvalue weighted by atomic mass is 10.1. The lowest BCUT2D eigenvalue weighted by Gasteiger charge is -2.26. The van der Waals surface area contributed by atoms with Gasteiger partial charge in [-0.2, -0.15) is 5.10 Å². The van der Waals surface area contributed by atoms with Crippen LogP contribution >= 0.6 is 0 Å². The summed E-state index contributed by atoms with van der Waals surface area (Å²) in [6.45, 7) is 6.31. The number of rotatable bonds is 8. The van der Waals surface area contributed by atoms with Gasteiger partial charge in [0.15, 0.2) is 0 Å². The molecule has 0 bridgehead atoms. The Kier molecular flexibility index (Phi) is 7.14. The second-order valence-electron chi connectivity index (χ2n) is 7.38. The normalized spacial score (nSPS) is 14.8. The molecule has 4 rings (SSSR count). The van der Waals surface area contributed by atoms with Gasteiger partial charge in [0.25, 0.3) is 0 Å². The lowest BCUT2D eigenvalue weighted by molar-refractivity contribution is 0.0321. The van der Waals surface area contributed by atoms with Crippen molar-refractivity contribution in [3.63, 3.8) is 0 Å². The summed E-state index contributed by atoms with van der Waals surface area (Å²) in [4.78, 5) is 14.9. The van der Waals surface area contributed by atoms with Crippen molar-refractivity contribution in [1.29, 1.82) is 0 Å². The van der Waals surface area contributed by atoms with E-state index in [1.165, 1.54) is 12.1 Å². The highest BCUT2D eigenvalue weighted by Crippen LogP contribution is 2.33. The molecule has 3 aromatic rings. The van der Waals surface area contributed by atoms with Crippen LogP contribution in [0.5, 0.6) is 5.75 Å². The molecule has 2 heterocycles. The SMILES string of the molecule is CCOC(=O)c1ccc2[nH]nc(/C=C/c3ccc(F)cc3)c2c1OCCN1CCOCC1. The largest absolute Gasteiger partial charge is 0.491 e. The van der Waals surface area contributed by atoms with Gasteiger partial charge in [-0.1, -0.05) is 18.2 Å². The quantitative estimate of drug-likeness (QED) is 0.539. The Morgan fingerprint density at radius 2 is 1.97 bits per heavy atom. The predicted octanol–water partition coefficient (Wildman–Crippen LogP) is 3.76. The van der Waals surface area contributed by atoms with E-state index in [1.807, 2.05) is 12.2 Å². The number of aromatic amines is 1. The molecule has 0 amide bonds. The highest BCUT2D eigenvalue weighted by atomic mass is 19.1. The molecule has 0 unspecified atom stereocenters. The van der Waals surface area contributed by atoms with E-state index >= 15 is 0 Å². The molecule has 168 valence electrons. The first-order valence-electron chi connectivity index (χ1n) is 10.7. The number of nitrogens with one attached hydrogen (secondary N) is 1. The first-order chi connectivity index (χ1) is 15.7. The number of nitrogens with zero attached hydrogens (tertiary/aromatic N) is 2. The molecule has 0 saturated carbocycles. The van der Waals surface area contributed by atoms with Crippen molar-refractivity contribution in [2.45, 2.75) is 6.92 Å². The van der Waals surface area contributed by atoms with Gasteiger partial charge in [0.05, 0.1) is 36.4 Å². The molecule has 8 heteroatoms. The van der Waals surface area contributed by atoms with E-state index in [4.69, 9.17) is 14.2 Å². The van der Waals surface area contributed by atoms with Crippen molar-refractivity contribution in [1.82, 2.24) is 15.1 Å². The fraction of sp³-hybridized carbons (Fsp3) is 0.333. The van der Waals surface area contributed by atoms with Crippen LogP contribution in [0.25, 0.3) is 23.1 Å². The predicted molar refractivity (Wildman–Crippen MR) is 120 cm³/mol. The second kappa shape index (κ2) is 10.4. The standard InChI is InChI=1S/C24H26FN3O4/c1-2-31-24(29)19-8-10-21-22(23(19)32-16-13-28-11-14-30-15-12-28)20(26-27-21)9-5-17-3-6-18(25)7-4-17/h3-10H,2,11-16H2,1H3,(H,26,27)/b9-5+. The number of ether oxygens (including phenoxy) is 3. The van der Waals surface area contributed by atoms with E-state index in [-0.39, 0.29) is 12.4 Å². The smallest absolute Gasteiger partial charge is 0.341 e. The number of hydrogen-bond acceptors (Lipinski definition) is 6. The number of aromatic nitrogens is 2. The van der Waals surface area contributed by atoms with E-state index in [9.17, 15) is 9.18 Å². The van der Waals surface area contributed by atoms with Crippen LogP contribution in [-0.2, 0) is 9.47 Å². The Morgan fingerprint density at radius 3 is 2.72 bits per heavy atom. The molecule has 1 N–H and O–H groups in total. The van der Waals surface area contributed by atoms with Crippen LogP contribution in [0, 0.1) is 5.82 Å². The maximum absolute atomic E-state index is 13.2. The molecular weight excluding hydrogens is 413 g/mol. The fourth-order valence-corrected chi connectivity index (χ4v) is 3.60. The average Bonchev–Trinajstić information content (AvgIpc) is 3.23. The molecule has 0 spiro atoms. The fourth-order valence-electron chi connectivity index (χ4n) is 3.60. The Balaban J connectivity index is 1.64. The molecule has 1 saturated heterocycles. The third-order valence-corrected chi connectivity index (χ3v) is 5.27. The van der Waals surface area contributed by atoms with Crippen LogP contribution in [0.3, 0.4) is 0 Å². The second-order valence-corrected chi connectivity index (χ2v) is 7.38. The van der Waals surface area contributed by atoms with E-state index in [0.717, 1.165) is 30.7 Å². The molecule has 1 aliphatic heterocycles. The summed E-state index contributed by atoms with van der Waals surface area (Å²) in [5.74, 6) is -0.283. The molecule has 0 atom stereocenters. The number of halogens is 1. The summed E-state index contributed by atoms with van der Waals surface area (Å²) < 4.78 is 30.0. The van der Waals surface area contributed by atoms with Crippen LogP contribution in [0.1, 0.15) is 28.5 Å². The highest BCUT2D eigenvalue weighted by molar-refractivity contribution is 6.03. The number of benzene rings is 2. The van der Waals surface area contributed by atoms with E-state index < -0.39 is 5.97 Å². The Labute approximate surface area is 185 Å². The van der Waals surface area contributed by atoms with Crippen molar-refractivity contribution in [2.24, 2.45) is 0 Å². The van der Waals surface area contributed by atoms with Crippen molar-refractivity contribution >= 4 is 29.0 Å². The number of hydrogen-bond donors (Lipinski definition) is 1. The first-order valence-corrected chi connectivity index (χ1v) is 10.7. The number of fused-ring (bicyclic) bond motifs is 1. The van der Waals surface area contributed by atoms with Gasteiger partial charge in [0.2, 0.25) is 0 Å². The van der Waals surface area contributed by atoms with Crippen LogP contribution in [0.15, 0.2) is 36.4 Å². The maximum atomic E-state index is 13.2. The molecular formula is C24H26FN3O4. The van der Waals surface area contributed by atoms with Crippen LogP contribution < -0.4 is 4.74 Å². The van der Waals surface area contributed by atoms with Gasteiger partial charge in [0.1, 0.15) is 23.7 Å². The Bertz CT molecular complexity index is 1090. The van der Waals surface area contributed by atoms with Gasteiger partial charge >= 0.3 is 5.97 Å². The molecule has 2 aromatic carbocycles. The van der Waals surface area contributed by atoms with Gasteiger partial charge in [-0.25, -0.2) is 9.18 Å². The lowest BCUT2D eigenvalue weighted by Crippen LogP contribution is -2.38. The number of carbonyl (C=O) groups excluding carboxylic acids is 1. The molecule has 32 heavy (non-hydrogen) atoms. The van der Waals surface area contributed by atoms with Crippen molar-refractivity contribution < 1.29 is 23.4 Å². The monoisotopic (exact) mass is 439 g/mol. The summed E-state index contributed by atoms with van der Waals surface area (Å²) in [5.41, 5.74) is 2.56. The van der Waals surface area contributed by atoms with E-state index in [2.05, 4.69) is 15.1 Å². The van der Waals surface area contributed by atoms with Gasteiger partial charge in [-0.05, 0) is 42.8 Å². The maximum Gasteiger partial charge on any atom is 0.341 e. The zero-order valence-corrected chi connectivity index (χ0v) is 18.0. The summed E-state index contributed by atoms with van der Waals surface area (Å²) in [7, 11) is 0. The average molecular weight is 439 g/mol. The van der Waals surface area contributed by atoms with Crippen molar-refractivity contribution in [3.05, 3.63) is 59.0 Å². The third kappa shape index (κ3) is 5.15. The molecule has 7 nitrogen and oxygen atoms in total. The topological polar surface area (TPSA) is 76.7 Å². The zero-order valence-electron chi connectivity index (χ0n) is 18.0. The van der Waals surface area contributed by atoms with Crippen LogP contribution in [0.4, 0.5) is 4.39 Å². The van der Waals surface area contributed by atoms with Crippen molar-refractivity contribution in [2.75, 3.05) is 46.1 Å². The molecule has 1 aliphatic rings. The minimum Gasteiger partial charge on any atom is -0.491 e. The number of H-pyrrole nitrogens is 1. The molecule has 1 aromatic heterocycles. The number of esters is 1. The van der Waals surface area contributed by atoms with Crippen LogP contribution in [-0.4, -0.2) is 67.1 Å². The summed E-state index contributed by atoms with van der Waals surface area (Å²) >= 11 is 0. The Morgan fingerprint density at radius 1 is 1.19 bits per heavy atom. The summed E-state index contributed by atoms with van der Waals surface area (Å²) in [6.07, 6.45) is 3.65.